The standard InChI is InChI=1S/C20H30FN3O/c1-23-11-8-16(9-12-23)13-20(25)22-18-6-4-10-24(15-18)14-17-5-2-3-7-19(17)21/h2-3,5,7,16,18H,4,6,8-15H2,1H3,(H,22,25)/t18-/m0/s1. The zero-order valence-electron chi connectivity index (χ0n) is 15.2. The van der Waals surface area contributed by atoms with Crippen LogP contribution in [0.1, 0.15) is 37.7 Å². The average Bonchev–Trinajstić information content (AvgIpc) is 2.59. The number of hydrogen-bond donors (Lipinski definition) is 1. The van der Waals surface area contributed by atoms with E-state index in [4.69, 9.17) is 0 Å². The van der Waals surface area contributed by atoms with Gasteiger partial charge in [-0.2, -0.15) is 0 Å². The molecule has 3 rings (SSSR count). The minimum atomic E-state index is -0.143. The molecule has 0 aromatic heterocycles. The van der Waals surface area contributed by atoms with E-state index in [1.165, 1.54) is 6.07 Å². The number of benzene rings is 1. The van der Waals surface area contributed by atoms with Crippen LogP contribution in [0, 0.1) is 11.7 Å². The topological polar surface area (TPSA) is 35.6 Å². The molecule has 0 spiro atoms. The molecule has 2 heterocycles. The normalized spacial score (nSPS) is 23.5. The van der Waals surface area contributed by atoms with Crippen molar-refractivity contribution in [3.8, 4) is 0 Å². The molecule has 0 aliphatic carbocycles. The monoisotopic (exact) mass is 347 g/mol. The van der Waals surface area contributed by atoms with Gasteiger partial charge in [0.25, 0.3) is 0 Å². The molecule has 1 amide bonds. The van der Waals surface area contributed by atoms with Crippen LogP contribution in [0.15, 0.2) is 24.3 Å². The molecule has 25 heavy (non-hydrogen) atoms. The summed E-state index contributed by atoms with van der Waals surface area (Å²) in [6, 6.07) is 7.15. The lowest BCUT2D eigenvalue weighted by molar-refractivity contribution is -0.123. The average molecular weight is 347 g/mol. The summed E-state index contributed by atoms with van der Waals surface area (Å²) in [6.45, 7) is 4.59. The zero-order chi connectivity index (χ0) is 17.6. The van der Waals surface area contributed by atoms with Gasteiger partial charge in [0, 0.05) is 31.1 Å². The predicted molar refractivity (Wildman–Crippen MR) is 97.7 cm³/mol. The smallest absolute Gasteiger partial charge is 0.220 e. The third-order valence-electron chi connectivity index (χ3n) is 5.53. The van der Waals surface area contributed by atoms with Gasteiger partial charge in [0.05, 0.1) is 0 Å². The second-order valence-electron chi connectivity index (χ2n) is 7.68. The fourth-order valence-corrected chi connectivity index (χ4v) is 4.00. The van der Waals surface area contributed by atoms with Gasteiger partial charge in [-0.25, -0.2) is 4.39 Å². The molecule has 0 saturated carbocycles. The predicted octanol–water partition coefficient (Wildman–Crippen LogP) is 2.64. The number of rotatable bonds is 5. The van der Waals surface area contributed by atoms with E-state index in [0.29, 0.717) is 18.9 Å². The maximum absolute atomic E-state index is 13.8. The first-order valence-electron chi connectivity index (χ1n) is 9.54. The van der Waals surface area contributed by atoms with E-state index in [1.807, 2.05) is 12.1 Å². The molecule has 1 aromatic carbocycles. The summed E-state index contributed by atoms with van der Waals surface area (Å²) in [5.74, 6) is 0.567. The maximum atomic E-state index is 13.8. The van der Waals surface area contributed by atoms with Crippen molar-refractivity contribution >= 4 is 5.91 Å². The van der Waals surface area contributed by atoms with Crippen LogP contribution in [0.4, 0.5) is 4.39 Å². The third-order valence-corrected chi connectivity index (χ3v) is 5.53. The summed E-state index contributed by atoms with van der Waals surface area (Å²) in [7, 11) is 2.14. The molecule has 1 atom stereocenters. The quantitative estimate of drug-likeness (QED) is 0.889. The minimum Gasteiger partial charge on any atom is -0.352 e. The van der Waals surface area contributed by atoms with Crippen LogP contribution in [0.5, 0.6) is 0 Å². The Kier molecular flexibility index (Phi) is 6.43. The number of nitrogens with zero attached hydrogens (tertiary/aromatic N) is 2. The first kappa shape index (κ1) is 18.3. The van der Waals surface area contributed by atoms with E-state index in [2.05, 4.69) is 22.2 Å². The van der Waals surface area contributed by atoms with E-state index in [-0.39, 0.29) is 17.8 Å². The number of hydrogen-bond acceptors (Lipinski definition) is 3. The SMILES string of the molecule is CN1CCC(CC(=O)N[C@H]2CCCN(Cc3ccccc3F)C2)CC1. The van der Waals surface area contributed by atoms with Crippen molar-refractivity contribution in [2.75, 3.05) is 33.2 Å². The van der Waals surface area contributed by atoms with Crippen LogP contribution in [0.3, 0.4) is 0 Å². The van der Waals surface area contributed by atoms with E-state index in [9.17, 15) is 9.18 Å². The molecule has 0 unspecified atom stereocenters. The molecule has 138 valence electrons. The molecule has 2 aliphatic heterocycles. The van der Waals surface area contributed by atoms with Gasteiger partial charge in [-0.1, -0.05) is 18.2 Å². The van der Waals surface area contributed by atoms with Gasteiger partial charge in [-0.05, 0) is 64.3 Å². The van der Waals surface area contributed by atoms with E-state index in [1.54, 1.807) is 6.07 Å². The molecule has 2 saturated heterocycles. The second-order valence-corrected chi connectivity index (χ2v) is 7.68. The summed E-state index contributed by atoms with van der Waals surface area (Å²) in [5, 5.41) is 3.22. The molecule has 1 aromatic rings. The molecular weight excluding hydrogens is 317 g/mol. The Balaban J connectivity index is 1.45. The Bertz CT molecular complexity index is 572. The number of amides is 1. The molecule has 1 N–H and O–H groups in total. The highest BCUT2D eigenvalue weighted by Crippen LogP contribution is 2.20. The van der Waals surface area contributed by atoms with Crippen molar-refractivity contribution in [1.29, 1.82) is 0 Å². The number of likely N-dealkylation sites (tertiary alicyclic amines) is 2. The molecule has 5 heteroatoms. The van der Waals surface area contributed by atoms with Gasteiger partial charge in [0.15, 0.2) is 0 Å². The number of nitrogens with one attached hydrogen (secondary N) is 1. The van der Waals surface area contributed by atoms with Crippen molar-refractivity contribution < 1.29 is 9.18 Å². The van der Waals surface area contributed by atoms with Crippen LogP contribution >= 0.6 is 0 Å². The van der Waals surface area contributed by atoms with Gasteiger partial charge in [-0.3, -0.25) is 9.69 Å². The maximum Gasteiger partial charge on any atom is 0.220 e. The Morgan fingerprint density at radius 2 is 1.96 bits per heavy atom. The van der Waals surface area contributed by atoms with Gasteiger partial charge < -0.3 is 10.2 Å². The Morgan fingerprint density at radius 1 is 1.20 bits per heavy atom. The highest BCUT2D eigenvalue weighted by atomic mass is 19.1. The lowest BCUT2D eigenvalue weighted by atomic mass is 9.93. The lowest BCUT2D eigenvalue weighted by Crippen LogP contribution is -2.48. The number of piperidine rings is 2. The van der Waals surface area contributed by atoms with Crippen LogP contribution in [0.2, 0.25) is 0 Å². The van der Waals surface area contributed by atoms with Crippen LogP contribution in [-0.2, 0) is 11.3 Å². The summed E-state index contributed by atoms with van der Waals surface area (Å²) in [5.41, 5.74) is 0.737. The zero-order valence-corrected chi connectivity index (χ0v) is 15.2. The first-order valence-corrected chi connectivity index (χ1v) is 9.54. The van der Waals surface area contributed by atoms with Crippen molar-refractivity contribution in [2.24, 2.45) is 5.92 Å². The summed E-state index contributed by atoms with van der Waals surface area (Å²) in [6.07, 6.45) is 4.96. The largest absolute Gasteiger partial charge is 0.352 e. The fourth-order valence-electron chi connectivity index (χ4n) is 4.00. The number of halogens is 1. The first-order chi connectivity index (χ1) is 12.1. The minimum absolute atomic E-state index is 0.143. The Hall–Kier alpha value is -1.46. The summed E-state index contributed by atoms with van der Waals surface area (Å²) < 4.78 is 13.8. The molecule has 4 nitrogen and oxygen atoms in total. The highest BCUT2D eigenvalue weighted by molar-refractivity contribution is 5.76. The summed E-state index contributed by atoms with van der Waals surface area (Å²) in [4.78, 5) is 17.0. The fraction of sp³-hybridized carbons (Fsp3) is 0.650. The van der Waals surface area contributed by atoms with Crippen molar-refractivity contribution in [2.45, 2.75) is 44.7 Å². The number of carbonyl (C=O) groups is 1. The highest BCUT2D eigenvalue weighted by Gasteiger charge is 2.24. The van der Waals surface area contributed by atoms with Gasteiger partial charge in [0.1, 0.15) is 5.82 Å². The van der Waals surface area contributed by atoms with E-state index >= 15 is 0 Å². The van der Waals surface area contributed by atoms with Crippen LogP contribution in [0.25, 0.3) is 0 Å². The van der Waals surface area contributed by atoms with E-state index < -0.39 is 0 Å². The summed E-state index contributed by atoms with van der Waals surface area (Å²) >= 11 is 0. The van der Waals surface area contributed by atoms with Crippen LogP contribution in [-0.4, -0.2) is 55.0 Å². The van der Waals surface area contributed by atoms with Crippen molar-refractivity contribution in [1.82, 2.24) is 15.1 Å². The molecular formula is C20H30FN3O. The van der Waals surface area contributed by atoms with Gasteiger partial charge in [-0.15, -0.1) is 0 Å². The molecule has 2 aliphatic rings. The van der Waals surface area contributed by atoms with Crippen LogP contribution < -0.4 is 5.32 Å². The molecule has 0 radical (unpaired) electrons. The van der Waals surface area contributed by atoms with Gasteiger partial charge >= 0.3 is 0 Å². The van der Waals surface area contributed by atoms with E-state index in [0.717, 1.165) is 57.4 Å². The second kappa shape index (κ2) is 8.77. The molecule has 0 bridgehead atoms. The lowest BCUT2D eigenvalue weighted by Gasteiger charge is -2.34. The third kappa shape index (κ3) is 5.51. The van der Waals surface area contributed by atoms with Crippen molar-refractivity contribution in [3.05, 3.63) is 35.6 Å². The molecule has 2 fully saturated rings. The number of carbonyl (C=O) groups excluding carboxylic acids is 1. The Labute approximate surface area is 150 Å². The van der Waals surface area contributed by atoms with Crippen molar-refractivity contribution in [3.63, 3.8) is 0 Å². The van der Waals surface area contributed by atoms with Gasteiger partial charge in [0.2, 0.25) is 5.91 Å². The Morgan fingerprint density at radius 3 is 2.72 bits per heavy atom.